The molecule has 0 spiro atoms. The number of aromatic hydroxyl groups is 1. The zero-order valence-corrected chi connectivity index (χ0v) is 27.8. The van der Waals surface area contributed by atoms with Gasteiger partial charge in [-0.15, -0.1) is 23.2 Å². The third-order valence-corrected chi connectivity index (χ3v) is 11.7. The van der Waals surface area contributed by atoms with Gasteiger partial charge in [0.25, 0.3) is 17.5 Å². The van der Waals surface area contributed by atoms with Crippen LogP contribution in [0.1, 0.15) is 24.3 Å². The molecule has 0 radical (unpaired) electrons. The van der Waals surface area contributed by atoms with Crippen LogP contribution < -0.4 is 14.5 Å². The van der Waals surface area contributed by atoms with Crippen LogP contribution in [0, 0.1) is 33.7 Å². The number of allylic oxidation sites excluding steroid dienone is 2. The van der Waals surface area contributed by atoms with Crippen molar-refractivity contribution in [3.05, 3.63) is 98.3 Å². The summed E-state index contributed by atoms with van der Waals surface area (Å²) in [6.45, 7) is 0. The van der Waals surface area contributed by atoms with Crippen LogP contribution in [0.5, 0.6) is 11.5 Å². The summed E-state index contributed by atoms with van der Waals surface area (Å²) in [6, 6.07) is 12.6. The summed E-state index contributed by atoms with van der Waals surface area (Å²) in [4.78, 5) is 64.8. The number of phenolic OH excluding ortho intramolecular Hbond substituents is 1. The molecule has 0 bridgehead atoms. The molecule has 3 aromatic rings. The molecule has 4 amide bonds. The molecule has 4 aliphatic rings. The summed E-state index contributed by atoms with van der Waals surface area (Å²) in [5.74, 6) is -8.08. The number of carbonyl (C=O) groups excluding carboxylic acids is 4. The summed E-state index contributed by atoms with van der Waals surface area (Å²) in [7, 11) is 1.33. The van der Waals surface area contributed by atoms with E-state index in [9.17, 15) is 38.8 Å². The van der Waals surface area contributed by atoms with E-state index in [1.54, 1.807) is 6.08 Å². The second kappa shape index (κ2) is 11.1. The van der Waals surface area contributed by atoms with Crippen molar-refractivity contribution in [3.63, 3.8) is 0 Å². The lowest BCUT2D eigenvalue weighted by atomic mass is 9.56. The van der Waals surface area contributed by atoms with Gasteiger partial charge in [-0.1, -0.05) is 27.6 Å². The molecule has 2 aliphatic heterocycles. The Hall–Kier alpha value is -4.33. The fraction of sp³-hybridized carbons (Fsp3) is 0.273. The van der Waals surface area contributed by atoms with Crippen molar-refractivity contribution in [2.45, 2.75) is 28.5 Å². The van der Waals surface area contributed by atoms with Gasteiger partial charge in [-0.05, 0) is 67.3 Å². The quantitative estimate of drug-likeness (QED) is 0.110. The molecule has 2 heterocycles. The number of methoxy groups -OCH3 is 1. The van der Waals surface area contributed by atoms with Gasteiger partial charge in [-0.25, -0.2) is 9.29 Å². The summed E-state index contributed by atoms with van der Waals surface area (Å²) >= 11 is 18.1. The molecule has 7 rings (SSSR count). The molecular formula is C33H23BrCl2FN3O8. The average Bonchev–Trinajstić information content (AvgIpc) is 3.40. The second-order valence-electron chi connectivity index (χ2n) is 12.1. The van der Waals surface area contributed by atoms with E-state index >= 15 is 0 Å². The van der Waals surface area contributed by atoms with Crippen molar-refractivity contribution in [2.24, 2.45) is 17.8 Å². The number of fused-ring (bicyclic) bond motifs is 4. The van der Waals surface area contributed by atoms with Gasteiger partial charge >= 0.3 is 0 Å². The first-order valence-electron chi connectivity index (χ1n) is 14.7. The Balaban J connectivity index is 1.40. The van der Waals surface area contributed by atoms with Crippen LogP contribution >= 0.6 is 39.1 Å². The number of benzene rings is 3. The minimum Gasteiger partial charge on any atom is -0.504 e. The largest absolute Gasteiger partial charge is 0.504 e. The maximum absolute atomic E-state index is 14.5. The molecule has 11 nitrogen and oxygen atoms in total. The Kier molecular flexibility index (Phi) is 7.46. The van der Waals surface area contributed by atoms with E-state index in [0.29, 0.717) is 10.0 Å². The van der Waals surface area contributed by atoms with Gasteiger partial charge in [0.1, 0.15) is 5.82 Å². The number of halogens is 4. The molecule has 15 heteroatoms. The van der Waals surface area contributed by atoms with E-state index < -0.39 is 67.8 Å². The van der Waals surface area contributed by atoms with Crippen LogP contribution in [0.2, 0.25) is 0 Å². The maximum atomic E-state index is 14.5. The molecule has 1 saturated carbocycles. The fourth-order valence-corrected chi connectivity index (χ4v) is 9.07. The molecule has 2 aliphatic carbocycles. The monoisotopic (exact) mass is 757 g/mol. The van der Waals surface area contributed by atoms with Gasteiger partial charge in [-0.2, -0.15) is 0 Å². The highest BCUT2D eigenvalue weighted by molar-refractivity contribution is 9.10. The minimum absolute atomic E-state index is 0.0157. The number of ether oxygens (including phenoxy) is 1. The SMILES string of the molecule is COc1cc(Br)cc([C@H]2C3=CC[C@@H]4C(=O)N(c5ccc([N+](=O)[O-])cc5)C(=O)[C@@H]4[C@@H]3C[C@@]3(Cl)C(=O)N(c4ccc(F)cc4)C(=O)[C@@]23Cl)c1O. The molecule has 0 aromatic heterocycles. The van der Waals surface area contributed by atoms with Crippen LogP contribution in [0.25, 0.3) is 0 Å². The summed E-state index contributed by atoms with van der Waals surface area (Å²) in [6.07, 6.45) is 1.43. The average molecular weight is 759 g/mol. The van der Waals surface area contributed by atoms with Crippen molar-refractivity contribution >= 4 is 79.8 Å². The molecule has 3 aromatic carbocycles. The number of imide groups is 2. The molecule has 1 N–H and O–H groups in total. The number of hydrogen-bond donors (Lipinski definition) is 1. The van der Waals surface area contributed by atoms with E-state index in [1.165, 1.54) is 55.6 Å². The number of carbonyl (C=O) groups is 4. The van der Waals surface area contributed by atoms with E-state index in [2.05, 4.69) is 15.9 Å². The predicted molar refractivity (Wildman–Crippen MR) is 175 cm³/mol. The molecule has 0 unspecified atom stereocenters. The van der Waals surface area contributed by atoms with Crippen LogP contribution in [0.15, 0.2) is 76.8 Å². The Morgan fingerprint density at radius 3 is 2.21 bits per heavy atom. The Bertz CT molecular complexity index is 1990. The normalized spacial score (nSPS) is 29.4. The van der Waals surface area contributed by atoms with Crippen molar-refractivity contribution in [1.29, 1.82) is 0 Å². The minimum atomic E-state index is -2.26. The van der Waals surface area contributed by atoms with Gasteiger partial charge in [-0.3, -0.25) is 34.2 Å². The summed E-state index contributed by atoms with van der Waals surface area (Å²) < 4.78 is 19.7. The number of non-ortho nitro benzene ring substituents is 1. The Labute approximate surface area is 290 Å². The predicted octanol–water partition coefficient (Wildman–Crippen LogP) is 5.98. The smallest absolute Gasteiger partial charge is 0.269 e. The van der Waals surface area contributed by atoms with Crippen molar-refractivity contribution < 1.29 is 38.3 Å². The van der Waals surface area contributed by atoms with Crippen molar-refractivity contribution in [2.75, 3.05) is 16.9 Å². The lowest BCUT2D eigenvalue weighted by Gasteiger charge is -2.50. The number of phenols is 1. The van der Waals surface area contributed by atoms with E-state index in [-0.39, 0.29) is 47.0 Å². The first-order chi connectivity index (χ1) is 22.7. The number of nitrogens with zero attached hydrogens (tertiary/aromatic N) is 3. The highest BCUT2D eigenvalue weighted by Gasteiger charge is 2.77. The second-order valence-corrected chi connectivity index (χ2v) is 14.2. The Morgan fingerprint density at radius 2 is 1.58 bits per heavy atom. The highest BCUT2D eigenvalue weighted by atomic mass is 79.9. The molecule has 3 fully saturated rings. The standard InChI is InChI=1S/C33H23BrCl2FN3O8/c1-48-24-13-15(34)12-22(27(24)41)26-20-10-11-21-25(29(43)38(28(21)42)17-6-8-19(9-7-17)40(46)47)23(20)14-32(35)30(44)39(31(45)33(26,32)36)18-4-2-16(37)3-5-18/h2-10,12-13,21,23,25-26,41H,11,14H2,1H3/t21-,23+,25-,26+,32+,33-/m0/s1. The number of alkyl halides is 2. The van der Waals surface area contributed by atoms with Crippen LogP contribution in [0.3, 0.4) is 0 Å². The first kappa shape index (κ1) is 32.2. The highest BCUT2D eigenvalue weighted by Crippen LogP contribution is 2.67. The molecule has 48 heavy (non-hydrogen) atoms. The van der Waals surface area contributed by atoms with Crippen LogP contribution in [-0.4, -0.2) is 50.5 Å². The lowest BCUT2D eigenvalue weighted by molar-refractivity contribution is -0.384. The van der Waals surface area contributed by atoms with Gasteiger partial charge < -0.3 is 9.84 Å². The van der Waals surface area contributed by atoms with E-state index in [1.807, 2.05) is 0 Å². The van der Waals surface area contributed by atoms with E-state index in [4.69, 9.17) is 27.9 Å². The van der Waals surface area contributed by atoms with Gasteiger partial charge in [0.2, 0.25) is 11.8 Å². The van der Waals surface area contributed by atoms with Gasteiger partial charge in [0, 0.05) is 28.1 Å². The number of nitro benzene ring substituents is 1. The van der Waals surface area contributed by atoms with Gasteiger partial charge in [0.05, 0.1) is 35.2 Å². The topological polar surface area (TPSA) is 147 Å². The number of hydrogen-bond acceptors (Lipinski definition) is 8. The zero-order valence-electron chi connectivity index (χ0n) is 24.7. The third-order valence-electron chi connectivity index (χ3n) is 9.81. The maximum Gasteiger partial charge on any atom is 0.269 e. The van der Waals surface area contributed by atoms with Gasteiger partial charge in [0.15, 0.2) is 21.2 Å². The number of rotatable bonds is 5. The van der Waals surface area contributed by atoms with Crippen LogP contribution in [-0.2, 0) is 19.2 Å². The zero-order chi connectivity index (χ0) is 34.4. The molecule has 2 saturated heterocycles. The first-order valence-corrected chi connectivity index (χ1v) is 16.2. The third kappa shape index (κ3) is 4.30. The number of anilines is 2. The van der Waals surface area contributed by atoms with E-state index in [0.717, 1.165) is 21.9 Å². The number of nitro groups is 1. The van der Waals surface area contributed by atoms with Crippen molar-refractivity contribution in [3.8, 4) is 11.5 Å². The Morgan fingerprint density at radius 1 is 0.958 bits per heavy atom. The molecule has 6 atom stereocenters. The fourth-order valence-electron chi connectivity index (χ4n) is 7.69. The summed E-state index contributed by atoms with van der Waals surface area (Å²) in [5, 5.41) is 22.7. The number of amides is 4. The summed E-state index contributed by atoms with van der Waals surface area (Å²) in [5.41, 5.74) is 0.432. The lowest BCUT2D eigenvalue weighted by Crippen LogP contribution is -2.60. The van der Waals surface area contributed by atoms with Crippen molar-refractivity contribution in [1.82, 2.24) is 0 Å². The molecular weight excluding hydrogens is 736 g/mol. The molecule has 246 valence electrons. The van der Waals surface area contributed by atoms with Crippen LogP contribution in [0.4, 0.5) is 21.5 Å².